The molecular weight excluding hydrogens is 342 g/mol. The Hall–Kier alpha value is -2.10. The van der Waals surface area contributed by atoms with E-state index in [9.17, 15) is 9.59 Å². The molecule has 2 fully saturated rings. The summed E-state index contributed by atoms with van der Waals surface area (Å²) in [5, 5.41) is 18.5. The third kappa shape index (κ3) is 2.59. The molecule has 132 valence electrons. The molecule has 1 aliphatic heterocycles. The van der Waals surface area contributed by atoms with E-state index in [0.717, 1.165) is 12.8 Å². The maximum absolute atomic E-state index is 13.2. The van der Waals surface area contributed by atoms with Crippen molar-refractivity contribution in [3.63, 3.8) is 0 Å². The smallest absolute Gasteiger partial charge is 0.332 e. The van der Waals surface area contributed by atoms with Gasteiger partial charge in [0.15, 0.2) is 0 Å². The van der Waals surface area contributed by atoms with E-state index >= 15 is 0 Å². The first-order chi connectivity index (χ1) is 12.0. The van der Waals surface area contributed by atoms with Crippen molar-refractivity contribution in [2.24, 2.45) is 0 Å². The molecule has 6 nitrogen and oxygen atoms in total. The monoisotopic (exact) mass is 361 g/mol. The minimum Gasteiger partial charge on any atom is -0.396 e. The minimum atomic E-state index is -0.806. The number of aliphatic hydroxyl groups is 1. The number of imide groups is 1. The first kappa shape index (κ1) is 17.7. The van der Waals surface area contributed by atoms with Crippen LogP contribution in [0.1, 0.15) is 43.2 Å². The van der Waals surface area contributed by atoms with Crippen molar-refractivity contribution in [2.45, 2.75) is 44.6 Å². The van der Waals surface area contributed by atoms with Gasteiger partial charge in [-0.2, -0.15) is 5.26 Å². The fraction of sp³-hybridized carbons (Fsp3) is 0.500. The third-order valence-electron chi connectivity index (χ3n) is 5.23. The van der Waals surface area contributed by atoms with E-state index in [2.05, 4.69) is 0 Å². The van der Waals surface area contributed by atoms with Crippen LogP contribution in [-0.2, 0) is 4.79 Å². The van der Waals surface area contributed by atoms with Gasteiger partial charge < -0.3 is 10.0 Å². The van der Waals surface area contributed by atoms with Crippen LogP contribution in [0, 0.1) is 18.3 Å². The second kappa shape index (κ2) is 6.66. The standard InChI is InChI=1S/C18H20ClN3O3/c1-12-14(6-5-13(11-20)15(12)19)22-16(24)18(7-2-3-8-18)21(17(22)25)9-4-10-23/h5-6,23H,2-4,7-10H2,1H3. The summed E-state index contributed by atoms with van der Waals surface area (Å²) < 4.78 is 0. The van der Waals surface area contributed by atoms with E-state index in [1.54, 1.807) is 17.9 Å². The van der Waals surface area contributed by atoms with Crippen molar-refractivity contribution >= 4 is 29.2 Å². The average molecular weight is 362 g/mol. The van der Waals surface area contributed by atoms with Crippen molar-refractivity contribution in [3.05, 3.63) is 28.3 Å². The Labute approximate surface area is 151 Å². The number of benzene rings is 1. The summed E-state index contributed by atoms with van der Waals surface area (Å²) in [4.78, 5) is 29.1. The van der Waals surface area contributed by atoms with Crippen LogP contribution in [0.25, 0.3) is 0 Å². The Morgan fingerprint density at radius 3 is 2.60 bits per heavy atom. The molecule has 1 spiro atoms. The second-order valence-electron chi connectivity index (χ2n) is 6.57. The van der Waals surface area contributed by atoms with Gasteiger partial charge in [0.1, 0.15) is 11.6 Å². The predicted molar refractivity (Wildman–Crippen MR) is 93.4 cm³/mol. The highest BCUT2D eigenvalue weighted by Crippen LogP contribution is 2.44. The second-order valence-corrected chi connectivity index (χ2v) is 6.95. The maximum Gasteiger partial charge on any atom is 0.332 e. The first-order valence-corrected chi connectivity index (χ1v) is 8.82. The Kier molecular flexibility index (Phi) is 4.72. The maximum atomic E-state index is 13.2. The molecule has 2 aliphatic rings. The van der Waals surface area contributed by atoms with Gasteiger partial charge in [0, 0.05) is 13.2 Å². The normalized spacial score (nSPS) is 19.1. The van der Waals surface area contributed by atoms with Gasteiger partial charge in [0.2, 0.25) is 0 Å². The molecule has 0 bridgehead atoms. The molecule has 25 heavy (non-hydrogen) atoms. The number of rotatable bonds is 4. The van der Waals surface area contributed by atoms with Crippen LogP contribution < -0.4 is 4.90 Å². The zero-order chi connectivity index (χ0) is 18.2. The molecule has 0 radical (unpaired) electrons. The zero-order valence-corrected chi connectivity index (χ0v) is 14.8. The third-order valence-corrected chi connectivity index (χ3v) is 5.72. The topological polar surface area (TPSA) is 84.6 Å². The molecular formula is C18H20ClN3O3. The van der Waals surface area contributed by atoms with E-state index in [1.165, 1.54) is 11.0 Å². The summed E-state index contributed by atoms with van der Waals surface area (Å²) in [6.07, 6.45) is 3.51. The Morgan fingerprint density at radius 1 is 1.32 bits per heavy atom. The average Bonchev–Trinajstić information content (AvgIpc) is 3.16. The van der Waals surface area contributed by atoms with Gasteiger partial charge in [-0.1, -0.05) is 24.4 Å². The van der Waals surface area contributed by atoms with Crippen LogP contribution in [0.15, 0.2) is 12.1 Å². The quantitative estimate of drug-likeness (QED) is 0.835. The lowest BCUT2D eigenvalue weighted by molar-refractivity contribution is -0.124. The van der Waals surface area contributed by atoms with Gasteiger partial charge in [-0.05, 0) is 43.9 Å². The predicted octanol–water partition coefficient (Wildman–Crippen LogP) is 2.98. The summed E-state index contributed by atoms with van der Waals surface area (Å²) in [5.41, 5.74) is 0.477. The molecule has 1 aliphatic carbocycles. The summed E-state index contributed by atoms with van der Waals surface area (Å²) in [6.45, 7) is 2.02. The number of hydrogen-bond donors (Lipinski definition) is 1. The molecule has 1 saturated heterocycles. The molecule has 0 aromatic heterocycles. The largest absolute Gasteiger partial charge is 0.396 e. The number of carbonyl (C=O) groups is 2. The van der Waals surface area contributed by atoms with Crippen LogP contribution in [0.5, 0.6) is 0 Å². The van der Waals surface area contributed by atoms with E-state index in [0.29, 0.717) is 42.6 Å². The molecule has 1 aromatic carbocycles. The first-order valence-electron chi connectivity index (χ1n) is 8.44. The van der Waals surface area contributed by atoms with Crippen LogP contribution >= 0.6 is 11.6 Å². The minimum absolute atomic E-state index is 0.0320. The molecule has 3 rings (SSSR count). The van der Waals surface area contributed by atoms with Gasteiger partial charge in [-0.25, -0.2) is 9.69 Å². The van der Waals surface area contributed by atoms with Crippen molar-refractivity contribution < 1.29 is 14.7 Å². The number of nitriles is 1. The van der Waals surface area contributed by atoms with E-state index < -0.39 is 5.54 Å². The van der Waals surface area contributed by atoms with E-state index in [-0.39, 0.29) is 23.6 Å². The molecule has 1 saturated carbocycles. The van der Waals surface area contributed by atoms with Crippen molar-refractivity contribution in [1.29, 1.82) is 5.26 Å². The summed E-state index contributed by atoms with van der Waals surface area (Å²) in [5.74, 6) is -0.225. The molecule has 1 N–H and O–H groups in total. The number of anilines is 1. The number of hydrogen-bond acceptors (Lipinski definition) is 4. The highest BCUT2D eigenvalue weighted by atomic mass is 35.5. The van der Waals surface area contributed by atoms with Crippen LogP contribution in [0.3, 0.4) is 0 Å². The number of aliphatic hydroxyl groups excluding tert-OH is 1. The van der Waals surface area contributed by atoms with Crippen molar-refractivity contribution in [3.8, 4) is 6.07 Å². The van der Waals surface area contributed by atoms with Crippen LogP contribution in [0.4, 0.5) is 10.5 Å². The van der Waals surface area contributed by atoms with Gasteiger partial charge in [0.25, 0.3) is 5.91 Å². The fourth-order valence-corrected chi connectivity index (χ4v) is 4.11. The molecule has 1 aromatic rings. The zero-order valence-electron chi connectivity index (χ0n) is 14.1. The van der Waals surface area contributed by atoms with Crippen LogP contribution in [0.2, 0.25) is 5.02 Å². The fourth-order valence-electron chi connectivity index (χ4n) is 3.91. The number of nitrogens with zero attached hydrogens (tertiary/aromatic N) is 3. The highest BCUT2D eigenvalue weighted by molar-refractivity contribution is 6.33. The molecule has 0 atom stereocenters. The van der Waals surface area contributed by atoms with Gasteiger partial charge >= 0.3 is 6.03 Å². The number of halogens is 1. The Morgan fingerprint density at radius 2 is 2.00 bits per heavy atom. The molecule has 1 heterocycles. The van der Waals surface area contributed by atoms with Crippen molar-refractivity contribution in [1.82, 2.24) is 4.90 Å². The summed E-state index contributed by atoms with van der Waals surface area (Å²) in [6, 6.07) is 4.77. The van der Waals surface area contributed by atoms with Gasteiger partial charge in [-0.15, -0.1) is 0 Å². The number of amides is 3. The van der Waals surface area contributed by atoms with Crippen LogP contribution in [-0.4, -0.2) is 40.6 Å². The molecule has 0 unspecified atom stereocenters. The van der Waals surface area contributed by atoms with E-state index in [4.69, 9.17) is 22.0 Å². The number of urea groups is 1. The van der Waals surface area contributed by atoms with Gasteiger partial charge in [0.05, 0.1) is 16.3 Å². The summed E-state index contributed by atoms with van der Waals surface area (Å²) in [7, 11) is 0. The highest BCUT2D eigenvalue weighted by Gasteiger charge is 2.58. The lowest BCUT2D eigenvalue weighted by Crippen LogP contribution is -2.47. The Balaban J connectivity index is 2.06. The summed E-state index contributed by atoms with van der Waals surface area (Å²) >= 11 is 6.23. The van der Waals surface area contributed by atoms with E-state index in [1.807, 2.05) is 6.07 Å². The number of carbonyl (C=O) groups excluding carboxylic acids is 2. The Bertz CT molecular complexity index is 766. The SMILES string of the molecule is Cc1c(N2C(=O)N(CCCO)C3(CCCC3)C2=O)ccc(C#N)c1Cl. The van der Waals surface area contributed by atoms with Gasteiger partial charge in [-0.3, -0.25) is 4.79 Å². The molecule has 3 amide bonds. The van der Waals surface area contributed by atoms with Crippen molar-refractivity contribution in [2.75, 3.05) is 18.1 Å². The lowest BCUT2D eigenvalue weighted by Gasteiger charge is -2.31. The lowest BCUT2D eigenvalue weighted by atomic mass is 9.95. The molecule has 7 heteroatoms.